The third-order valence-electron chi connectivity index (χ3n) is 4.68. The van der Waals surface area contributed by atoms with Gasteiger partial charge in [0.2, 0.25) is 0 Å². The molecule has 0 aromatic carbocycles. The van der Waals surface area contributed by atoms with Crippen LogP contribution < -0.4 is 5.32 Å². The molecular weight excluding hydrogens is 214 g/mol. The van der Waals surface area contributed by atoms with Crippen molar-refractivity contribution in [3.8, 4) is 0 Å². The fourth-order valence-corrected chi connectivity index (χ4v) is 3.18. The van der Waals surface area contributed by atoms with Crippen molar-refractivity contribution in [2.75, 3.05) is 13.1 Å². The number of carboxylic acid groups (broad SMARTS) is 1. The predicted molar refractivity (Wildman–Crippen MR) is 68.0 cm³/mol. The number of carboxylic acids is 1. The van der Waals surface area contributed by atoms with Gasteiger partial charge in [-0.1, -0.05) is 38.5 Å². The summed E-state index contributed by atoms with van der Waals surface area (Å²) < 4.78 is 0. The first-order chi connectivity index (χ1) is 8.23. The summed E-state index contributed by atoms with van der Waals surface area (Å²) in [6.45, 7) is 1.68. The Balaban J connectivity index is 1.60. The molecular formula is C14H25NO2. The van der Waals surface area contributed by atoms with Gasteiger partial charge < -0.3 is 10.4 Å². The van der Waals surface area contributed by atoms with Crippen LogP contribution in [0.1, 0.15) is 57.8 Å². The Morgan fingerprint density at radius 1 is 1.18 bits per heavy atom. The van der Waals surface area contributed by atoms with E-state index in [2.05, 4.69) is 5.32 Å². The van der Waals surface area contributed by atoms with E-state index in [9.17, 15) is 9.90 Å². The van der Waals surface area contributed by atoms with Gasteiger partial charge >= 0.3 is 5.97 Å². The van der Waals surface area contributed by atoms with E-state index in [0.29, 0.717) is 6.54 Å². The molecule has 0 saturated heterocycles. The van der Waals surface area contributed by atoms with Gasteiger partial charge in [0.15, 0.2) is 0 Å². The number of nitrogens with one attached hydrogen (secondary N) is 1. The van der Waals surface area contributed by atoms with E-state index >= 15 is 0 Å². The summed E-state index contributed by atoms with van der Waals surface area (Å²) in [4.78, 5) is 11.2. The van der Waals surface area contributed by atoms with Crippen LogP contribution in [0.2, 0.25) is 0 Å². The van der Waals surface area contributed by atoms with Gasteiger partial charge in [-0.2, -0.15) is 0 Å². The minimum atomic E-state index is -0.603. The molecule has 0 amide bonds. The largest absolute Gasteiger partial charge is 0.481 e. The van der Waals surface area contributed by atoms with Crippen LogP contribution in [0, 0.1) is 11.3 Å². The predicted octanol–water partition coefficient (Wildman–Crippen LogP) is 2.80. The lowest BCUT2D eigenvalue weighted by atomic mass is 9.69. The molecule has 0 heterocycles. The van der Waals surface area contributed by atoms with Crippen molar-refractivity contribution in [1.82, 2.24) is 5.32 Å². The lowest BCUT2D eigenvalue weighted by Gasteiger charge is -2.38. The molecule has 2 fully saturated rings. The van der Waals surface area contributed by atoms with Gasteiger partial charge in [-0.05, 0) is 31.7 Å². The van der Waals surface area contributed by atoms with Crippen LogP contribution in [0.3, 0.4) is 0 Å². The van der Waals surface area contributed by atoms with Crippen LogP contribution in [0.25, 0.3) is 0 Å². The van der Waals surface area contributed by atoms with Crippen LogP contribution >= 0.6 is 0 Å². The normalized spacial score (nSPS) is 24.2. The standard InChI is InChI=1S/C14H25NO2/c16-13(17)14(8-4-9-14)11-15-10-7-12-5-2-1-3-6-12/h12,15H,1-11H2,(H,16,17). The highest BCUT2D eigenvalue weighted by Crippen LogP contribution is 2.40. The second kappa shape index (κ2) is 5.85. The quantitative estimate of drug-likeness (QED) is 0.701. The van der Waals surface area contributed by atoms with E-state index < -0.39 is 11.4 Å². The summed E-state index contributed by atoms with van der Waals surface area (Å²) in [5.74, 6) is 0.285. The van der Waals surface area contributed by atoms with Gasteiger partial charge in [-0.15, -0.1) is 0 Å². The lowest BCUT2D eigenvalue weighted by Crippen LogP contribution is -2.46. The third kappa shape index (κ3) is 3.21. The maximum absolute atomic E-state index is 11.2. The molecule has 0 spiro atoms. The monoisotopic (exact) mass is 239 g/mol. The highest BCUT2D eigenvalue weighted by Gasteiger charge is 2.43. The van der Waals surface area contributed by atoms with Crippen molar-refractivity contribution >= 4 is 5.97 Å². The third-order valence-corrected chi connectivity index (χ3v) is 4.68. The van der Waals surface area contributed by atoms with Gasteiger partial charge in [0.1, 0.15) is 0 Å². The molecule has 3 heteroatoms. The van der Waals surface area contributed by atoms with Crippen molar-refractivity contribution in [1.29, 1.82) is 0 Å². The van der Waals surface area contributed by atoms with E-state index in [-0.39, 0.29) is 0 Å². The number of rotatable bonds is 6. The maximum Gasteiger partial charge on any atom is 0.310 e. The average Bonchev–Trinajstić information content (AvgIpc) is 2.27. The van der Waals surface area contributed by atoms with Gasteiger partial charge in [0, 0.05) is 6.54 Å². The van der Waals surface area contributed by atoms with Gasteiger partial charge in [-0.25, -0.2) is 0 Å². The first-order valence-corrected chi connectivity index (χ1v) is 7.17. The molecule has 0 aromatic rings. The summed E-state index contributed by atoms with van der Waals surface area (Å²) in [6, 6.07) is 0. The summed E-state index contributed by atoms with van der Waals surface area (Å²) >= 11 is 0. The molecule has 17 heavy (non-hydrogen) atoms. The van der Waals surface area contributed by atoms with E-state index in [0.717, 1.165) is 31.7 Å². The van der Waals surface area contributed by atoms with E-state index in [4.69, 9.17) is 0 Å². The lowest BCUT2D eigenvalue weighted by molar-refractivity contribution is -0.154. The van der Waals surface area contributed by atoms with Crippen LogP contribution in [-0.2, 0) is 4.79 Å². The van der Waals surface area contributed by atoms with Gasteiger partial charge in [0.25, 0.3) is 0 Å². The van der Waals surface area contributed by atoms with Crippen molar-refractivity contribution in [3.05, 3.63) is 0 Å². The molecule has 0 unspecified atom stereocenters. The highest BCUT2D eigenvalue weighted by atomic mass is 16.4. The summed E-state index contributed by atoms with van der Waals surface area (Å²) in [5.41, 5.74) is -0.424. The summed E-state index contributed by atoms with van der Waals surface area (Å²) in [5, 5.41) is 12.6. The van der Waals surface area contributed by atoms with E-state index in [1.54, 1.807) is 0 Å². The molecule has 3 nitrogen and oxygen atoms in total. The van der Waals surface area contributed by atoms with E-state index in [1.807, 2.05) is 0 Å². The number of carbonyl (C=O) groups is 1. The summed E-state index contributed by atoms with van der Waals surface area (Å²) in [6.07, 6.45) is 11.0. The van der Waals surface area contributed by atoms with Gasteiger partial charge in [0.05, 0.1) is 5.41 Å². The van der Waals surface area contributed by atoms with Crippen molar-refractivity contribution in [2.45, 2.75) is 57.8 Å². The second-order valence-corrected chi connectivity index (χ2v) is 5.91. The first-order valence-electron chi connectivity index (χ1n) is 7.17. The van der Waals surface area contributed by atoms with Crippen LogP contribution in [-0.4, -0.2) is 24.2 Å². The maximum atomic E-state index is 11.2. The molecule has 98 valence electrons. The molecule has 2 rings (SSSR count). The van der Waals surface area contributed by atoms with Crippen LogP contribution in [0.5, 0.6) is 0 Å². The molecule has 2 N–H and O–H groups in total. The molecule has 2 aliphatic rings. The first kappa shape index (κ1) is 12.9. The zero-order valence-corrected chi connectivity index (χ0v) is 10.7. The molecule has 0 atom stereocenters. The fourth-order valence-electron chi connectivity index (χ4n) is 3.18. The molecule has 0 radical (unpaired) electrons. The number of hydrogen-bond donors (Lipinski definition) is 2. The number of aliphatic carboxylic acids is 1. The Morgan fingerprint density at radius 3 is 2.41 bits per heavy atom. The SMILES string of the molecule is O=C(O)C1(CNCCC2CCCCC2)CCC1. The Bertz CT molecular complexity index is 255. The fraction of sp³-hybridized carbons (Fsp3) is 0.929. The second-order valence-electron chi connectivity index (χ2n) is 5.91. The Morgan fingerprint density at radius 2 is 1.88 bits per heavy atom. The molecule has 0 aliphatic heterocycles. The average molecular weight is 239 g/mol. The topological polar surface area (TPSA) is 49.3 Å². The van der Waals surface area contributed by atoms with E-state index in [1.165, 1.54) is 38.5 Å². The molecule has 2 saturated carbocycles. The van der Waals surface area contributed by atoms with Crippen LogP contribution in [0.4, 0.5) is 0 Å². The van der Waals surface area contributed by atoms with Gasteiger partial charge in [-0.3, -0.25) is 4.79 Å². The minimum absolute atomic E-state index is 0.424. The number of hydrogen-bond acceptors (Lipinski definition) is 2. The minimum Gasteiger partial charge on any atom is -0.481 e. The van der Waals surface area contributed by atoms with Crippen molar-refractivity contribution < 1.29 is 9.90 Å². The zero-order chi connectivity index (χ0) is 12.1. The Hall–Kier alpha value is -0.570. The zero-order valence-electron chi connectivity index (χ0n) is 10.7. The Labute approximate surface area is 104 Å². The molecule has 0 aromatic heterocycles. The molecule has 0 bridgehead atoms. The highest BCUT2D eigenvalue weighted by molar-refractivity contribution is 5.76. The smallest absolute Gasteiger partial charge is 0.310 e. The van der Waals surface area contributed by atoms with Crippen molar-refractivity contribution in [3.63, 3.8) is 0 Å². The van der Waals surface area contributed by atoms with Crippen molar-refractivity contribution in [2.24, 2.45) is 11.3 Å². The summed E-state index contributed by atoms with van der Waals surface area (Å²) in [7, 11) is 0. The Kier molecular flexibility index (Phi) is 4.43. The van der Waals surface area contributed by atoms with Crippen LogP contribution in [0.15, 0.2) is 0 Å². The molecule has 2 aliphatic carbocycles.